The number of piperidine rings is 1. The Hall–Kier alpha value is -1.59. The lowest BCUT2D eigenvalue weighted by molar-refractivity contribution is 0.577. The molecule has 0 radical (unpaired) electrons. The van der Waals surface area contributed by atoms with E-state index in [9.17, 15) is 0 Å². The van der Waals surface area contributed by atoms with E-state index in [-0.39, 0.29) is 6.04 Å². The molecule has 1 saturated heterocycles. The van der Waals surface area contributed by atoms with Gasteiger partial charge in [0.25, 0.3) is 0 Å². The molecule has 1 fully saturated rings. The second-order valence-electron chi connectivity index (χ2n) is 6.58. The summed E-state index contributed by atoms with van der Waals surface area (Å²) in [6.07, 6.45) is 3.86. The van der Waals surface area contributed by atoms with Gasteiger partial charge in [0.2, 0.25) is 5.28 Å². The van der Waals surface area contributed by atoms with E-state index in [2.05, 4.69) is 51.9 Å². The summed E-state index contributed by atoms with van der Waals surface area (Å²) in [7, 11) is 0. The summed E-state index contributed by atoms with van der Waals surface area (Å²) >= 11 is 8.10. The summed E-state index contributed by atoms with van der Waals surface area (Å²) < 4.78 is 2.07. The Bertz CT molecular complexity index is 861. The van der Waals surface area contributed by atoms with Gasteiger partial charge in [0, 0.05) is 30.1 Å². The van der Waals surface area contributed by atoms with Gasteiger partial charge >= 0.3 is 0 Å². The summed E-state index contributed by atoms with van der Waals surface area (Å²) in [5.74, 6) is 0. The Morgan fingerprint density at radius 3 is 2.67 bits per heavy atom. The van der Waals surface area contributed by atoms with E-state index in [1.165, 1.54) is 19.3 Å². The monoisotopic (exact) mass is 360 g/mol. The molecule has 2 aromatic heterocycles. The maximum atomic E-state index is 6.37. The van der Waals surface area contributed by atoms with E-state index in [4.69, 9.17) is 16.6 Å². The highest BCUT2D eigenvalue weighted by atomic mass is 35.5. The average molecular weight is 361 g/mol. The quantitative estimate of drug-likeness (QED) is 0.628. The van der Waals surface area contributed by atoms with E-state index >= 15 is 0 Å². The standard InChI is InChI=1S/C18H21ClN4S/c1-12(2)23-15-8-6-7-13(16(15)21-17(23)19)14-11-24-18(20-14)22-9-4-3-5-10-22/h6-8,11-12H,3-5,9-10H2,1-2H3. The highest BCUT2D eigenvalue weighted by Crippen LogP contribution is 2.34. The number of benzene rings is 1. The van der Waals surface area contributed by atoms with Crippen LogP contribution in [0.4, 0.5) is 5.13 Å². The maximum absolute atomic E-state index is 6.37. The molecule has 4 nitrogen and oxygen atoms in total. The molecule has 0 aliphatic carbocycles. The van der Waals surface area contributed by atoms with E-state index in [1.54, 1.807) is 11.3 Å². The average Bonchev–Trinajstić information content (AvgIpc) is 3.19. The van der Waals surface area contributed by atoms with Crippen LogP contribution in [0.1, 0.15) is 39.2 Å². The molecule has 0 unspecified atom stereocenters. The molecule has 0 amide bonds. The maximum Gasteiger partial charge on any atom is 0.204 e. The van der Waals surface area contributed by atoms with E-state index in [1.807, 2.05) is 0 Å². The molecule has 1 aliphatic heterocycles. The van der Waals surface area contributed by atoms with Gasteiger partial charge in [-0.25, -0.2) is 9.97 Å². The van der Waals surface area contributed by atoms with Gasteiger partial charge in [-0.2, -0.15) is 0 Å². The molecule has 126 valence electrons. The highest BCUT2D eigenvalue weighted by molar-refractivity contribution is 7.14. The lowest BCUT2D eigenvalue weighted by Crippen LogP contribution is -2.29. The Morgan fingerprint density at radius 2 is 1.92 bits per heavy atom. The normalized spacial score (nSPS) is 15.6. The number of hydrogen-bond acceptors (Lipinski definition) is 4. The van der Waals surface area contributed by atoms with E-state index in [0.717, 1.165) is 40.5 Å². The molecular weight excluding hydrogens is 340 g/mol. The van der Waals surface area contributed by atoms with Gasteiger partial charge in [0.15, 0.2) is 5.13 Å². The van der Waals surface area contributed by atoms with E-state index < -0.39 is 0 Å². The smallest absolute Gasteiger partial charge is 0.204 e. The van der Waals surface area contributed by atoms with Crippen LogP contribution in [0.5, 0.6) is 0 Å². The first-order valence-electron chi connectivity index (χ1n) is 8.52. The van der Waals surface area contributed by atoms with Crippen LogP contribution in [0.25, 0.3) is 22.3 Å². The number of halogens is 1. The number of aromatic nitrogens is 3. The second-order valence-corrected chi connectivity index (χ2v) is 7.76. The van der Waals surface area contributed by atoms with Gasteiger partial charge in [-0.05, 0) is 50.8 Å². The number of imidazole rings is 1. The van der Waals surface area contributed by atoms with Crippen molar-refractivity contribution in [3.8, 4) is 11.3 Å². The Labute approximate surface area is 151 Å². The lowest BCUT2D eigenvalue weighted by atomic mass is 10.1. The number of fused-ring (bicyclic) bond motifs is 1. The number of para-hydroxylation sites is 1. The summed E-state index contributed by atoms with van der Waals surface area (Å²) in [5.41, 5.74) is 4.07. The van der Waals surface area contributed by atoms with Crippen molar-refractivity contribution in [1.82, 2.24) is 14.5 Å². The van der Waals surface area contributed by atoms with Gasteiger partial charge in [-0.3, -0.25) is 0 Å². The Morgan fingerprint density at radius 1 is 1.12 bits per heavy atom. The van der Waals surface area contributed by atoms with Crippen LogP contribution in [0, 0.1) is 0 Å². The summed E-state index contributed by atoms with van der Waals surface area (Å²) in [6.45, 7) is 6.48. The predicted molar refractivity (Wildman–Crippen MR) is 102 cm³/mol. The van der Waals surface area contributed by atoms with Crippen molar-refractivity contribution in [2.75, 3.05) is 18.0 Å². The first-order valence-corrected chi connectivity index (χ1v) is 9.78. The molecule has 24 heavy (non-hydrogen) atoms. The third-order valence-electron chi connectivity index (χ3n) is 4.59. The molecule has 3 heterocycles. The number of anilines is 1. The summed E-state index contributed by atoms with van der Waals surface area (Å²) in [4.78, 5) is 11.9. The second kappa shape index (κ2) is 6.37. The molecule has 3 aromatic rings. The third kappa shape index (κ3) is 2.70. The van der Waals surface area contributed by atoms with Gasteiger partial charge in [0.1, 0.15) is 0 Å². The van der Waals surface area contributed by atoms with Crippen molar-refractivity contribution in [2.24, 2.45) is 0 Å². The largest absolute Gasteiger partial charge is 0.348 e. The van der Waals surface area contributed by atoms with Crippen molar-refractivity contribution < 1.29 is 0 Å². The van der Waals surface area contributed by atoms with Crippen LogP contribution >= 0.6 is 22.9 Å². The molecule has 1 aromatic carbocycles. The van der Waals surface area contributed by atoms with Crippen LogP contribution < -0.4 is 4.90 Å². The lowest BCUT2D eigenvalue weighted by Gasteiger charge is -2.25. The minimum Gasteiger partial charge on any atom is -0.348 e. The number of rotatable bonds is 3. The molecule has 0 bridgehead atoms. The fraction of sp³-hybridized carbons (Fsp3) is 0.444. The number of hydrogen-bond donors (Lipinski definition) is 0. The number of nitrogens with zero attached hydrogens (tertiary/aromatic N) is 4. The van der Waals surface area contributed by atoms with Crippen LogP contribution in [0.3, 0.4) is 0 Å². The molecule has 0 atom stereocenters. The van der Waals surface area contributed by atoms with Crippen molar-refractivity contribution in [1.29, 1.82) is 0 Å². The van der Waals surface area contributed by atoms with Crippen molar-refractivity contribution >= 4 is 39.1 Å². The zero-order chi connectivity index (χ0) is 16.7. The van der Waals surface area contributed by atoms with Crippen molar-refractivity contribution in [2.45, 2.75) is 39.2 Å². The molecule has 0 saturated carbocycles. The van der Waals surface area contributed by atoms with Crippen molar-refractivity contribution in [3.05, 3.63) is 28.9 Å². The fourth-order valence-electron chi connectivity index (χ4n) is 3.41. The fourth-order valence-corrected chi connectivity index (χ4v) is 4.66. The van der Waals surface area contributed by atoms with Crippen LogP contribution in [0.15, 0.2) is 23.6 Å². The highest BCUT2D eigenvalue weighted by Gasteiger charge is 2.18. The first-order chi connectivity index (χ1) is 11.6. The van der Waals surface area contributed by atoms with Gasteiger partial charge in [-0.1, -0.05) is 12.1 Å². The van der Waals surface area contributed by atoms with Gasteiger partial charge < -0.3 is 9.47 Å². The molecule has 0 N–H and O–H groups in total. The SMILES string of the molecule is CC(C)n1c(Cl)nc2c(-c3csc(N4CCCCC4)n3)cccc21. The van der Waals surface area contributed by atoms with Crippen LogP contribution in [0.2, 0.25) is 5.28 Å². The molecular formula is C18H21ClN4S. The Balaban J connectivity index is 1.77. The predicted octanol–water partition coefficient (Wildman–Crippen LogP) is 5.38. The topological polar surface area (TPSA) is 34.0 Å². The zero-order valence-corrected chi connectivity index (χ0v) is 15.6. The van der Waals surface area contributed by atoms with Gasteiger partial charge in [0.05, 0.1) is 16.7 Å². The zero-order valence-electron chi connectivity index (χ0n) is 14.0. The van der Waals surface area contributed by atoms with Crippen LogP contribution in [-0.4, -0.2) is 27.6 Å². The number of thiazole rings is 1. The molecule has 0 spiro atoms. The molecule has 4 rings (SSSR count). The molecule has 6 heteroatoms. The third-order valence-corrected chi connectivity index (χ3v) is 5.76. The molecule has 1 aliphatic rings. The minimum absolute atomic E-state index is 0.275. The summed E-state index contributed by atoms with van der Waals surface area (Å²) in [5, 5.41) is 3.80. The van der Waals surface area contributed by atoms with Gasteiger partial charge in [-0.15, -0.1) is 11.3 Å². The summed E-state index contributed by atoms with van der Waals surface area (Å²) in [6, 6.07) is 6.51. The first kappa shape index (κ1) is 15.9. The van der Waals surface area contributed by atoms with E-state index in [0.29, 0.717) is 5.28 Å². The Kier molecular flexibility index (Phi) is 4.22. The van der Waals surface area contributed by atoms with Crippen LogP contribution in [-0.2, 0) is 0 Å². The van der Waals surface area contributed by atoms with Crippen molar-refractivity contribution in [3.63, 3.8) is 0 Å². The minimum atomic E-state index is 0.275.